The predicted molar refractivity (Wildman–Crippen MR) is 94.6 cm³/mol. The first-order chi connectivity index (χ1) is 11.4. The van der Waals surface area contributed by atoms with Crippen LogP contribution in [0.5, 0.6) is 0 Å². The van der Waals surface area contributed by atoms with Crippen LogP contribution >= 0.6 is 0 Å². The number of aliphatic hydroxyl groups is 1. The lowest BCUT2D eigenvalue weighted by Crippen LogP contribution is -2.40. The molecule has 0 fully saturated rings. The maximum atomic E-state index is 12.8. The molecule has 0 aliphatic heterocycles. The molecule has 0 heterocycles. The van der Waals surface area contributed by atoms with Crippen molar-refractivity contribution in [2.75, 3.05) is 20.6 Å². The van der Waals surface area contributed by atoms with E-state index in [1.165, 1.54) is 0 Å². The fourth-order valence-corrected chi connectivity index (χ4v) is 2.53. The number of benzene rings is 2. The van der Waals surface area contributed by atoms with Gasteiger partial charge in [-0.3, -0.25) is 0 Å². The van der Waals surface area contributed by atoms with Gasteiger partial charge in [0.1, 0.15) is 6.10 Å². The summed E-state index contributed by atoms with van der Waals surface area (Å²) in [7, 11) is 3.94. The molecule has 128 valence electrons. The first-order valence-electron chi connectivity index (χ1n) is 8.14. The van der Waals surface area contributed by atoms with Gasteiger partial charge in [0.2, 0.25) is 5.60 Å². The van der Waals surface area contributed by atoms with Gasteiger partial charge in [-0.2, -0.15) is 0 Å². The SMILES string of the molecule is C[C@@H](CCN(C)C)OC(=O)C(O)(c1ccccc1)c1ccccc1. The van der Waals surface area contributed by atoms with Crippen molar-refractivity contribution < 1.29 is 14.6 Å². The first kappa shape index (κ1) is 18.2. The van der Waals surface area contributed by atoms with Crippen molar-refractivity contribution in [3.05, 3.63) is 71.8 Å². The van der Waals surface area contributed by atoms with Crippen LogP contribution < -0.4 is 0 Å². The average molecular weight is 327 g/mol. The van der Waals surface area contributed by atoms with Crippen LogP contribution in [0.2, 0.25) is 0 Å². The zero-order chi connectivity index (χ0) is 17.6. The van der Waals surface area contributed by atoms with Gasteiger partial charge in [-0.25, -0.2) is 4.79 Å². The largest absolute Gasteiger partial charge is 0.460 e. The summed E-state index contributed by atoms with van der Waals surface area (Å²) < 4.78 is 5.56. The normalized spacial score (nSPS) is 12.9. The zero-order valence-electron chi connectivity index (χ0n) is 14.5. The smallest absolute Gasteiger partial charge is 0.347 e. The molecule has 0 unspecified atom stereocenters. The van der Waals surface area contributed by atoms with Gasteiger partial charge in [-0.05, 0) is 38.6 Å². The molecular formula is C20H25NO3. The summed E-state index contributed by atoms with van der Waals surface area (Å²) in [6.45, 7) is 2.65. The quantitative estimate of drug-likeness (QED) is 0.795. The minimum Gasteiger partial charge on any atom is -0.460 e. The maximum Gasteiger partial charge on any atom is 0.347 e. The molecule has 0 spiro atoms. The van der Waals surface area contributed by atoms with Crippen molar-refractivity contribution in [2.24, 2.45) is 0 Å². The molecule has 2 aromatic carbocycles. The topological polar surface area (TPSA) is 49.8 Å². The van der Waals surface area contributed by atoms with E-state index in [0.717, 1.165) is 6.54 Å². The van der Waals surface area contributed by atoms with Crippen LogP contribution in [-0.2, 0) is 15.1 Å². The highest BCUT2D eigenvalue weighted by atomic mass is 16.6. The first-order valence-corrected chi connectivity index (χ1v) is 8.14. The lowest BCUT2D eigenvalue weighted by atomic mass is 9.86. The summed E-state index contributed by atoms with van der Waals surface area (Å²) in [5, 5.41) is 11.3. The second-order valence-electron chi connectivity index (χ2n) is 6.25. The lowest BCUT2D eigenvalue weighted by molar-refractivity contribution is -0.167. The van der Waals surface area contributed by atoms with Crippen LogP contribution in [0.4, 0.5) is 0 Å². The van der Waals surface area contributed by atoms with Crippen LogP contribution in [-0.4, -0.2) is 42.7 Å². The van der Waals surface area contributed by atoms with Gasteiger partial charge in [0, 0.05) is 6.54 Å². The van der Waals surface area contributed by atoms with Crippen LogP contribution in [0.15, 0.2) is 60.7 Å². The summed E-state index contributed by atoms with van der Waals surface area (Å²) >= 11 is 0. The third kappa shape index (κ3) is 4.22. The van der Waals surface area contributed by atoms with Gasteiger partial charge < -0.3 is 14.7 Å². The lowest BCUT2D eigenvalue weighted by Gasteiger charge is -2.29. The van der Waals surface area contributed by atoms with E-state index in [1.54, 1.807) is 48.5 Å². The zero-order valence-corrected chi connectivity index (χ0v) is 14.5. The fraction of sp³-hybridized carbons (Fsp3) is 0.350. The van der Waals surface area contributed by atoms with E-state index >= 15 is 0 Å². The van der Waals surface area contributed by atoms with E-state index in [2.05, 4.69) is 0 Å². The van der Waals surface area contributed by atoms with Crippen molar-refractivity contribution in [3.8, 4) is 0 Å². The van der Waals surface area contributed by atoms with Crippen molar-refractivity contribution in [1.82, 2.24) is 4.90 Å². The molecule has 0 bridgehead atoms. The molecule has 2 aromatic rings. The summed E-state index contributed by atoms with van der Waals surface area (Å²) in [6.07, 6.45) is 0.428. The number of hydrogen-bond acceptors (Lipinski definition) is 4. The molecule has 1 N–H and O–H groups in total. The Kier molecular flexibility index (Phi) is 6.12. The van der Waals surface area contributed by atoms with E-state index in [9.17, 15) is 9.90 Å². The third-order valence-corrected chi connectivity index (χ3v) is 3.97. The highest BCUT2D eigenvalue weighted by molar-refractivity contribution is 5.85. The number of carbonyl (C=O) groups excluding carboxylic acids is 1. The molecule has 0 aliphatic carbocycles. The Morgan fingerprint density at radius 1 is 1.04 bits per heavy atom. The molecule has 0 radical (unpaired) electrons. The van der Waals surface area contributed by atoms with Crippen LogP contribution in [0.1, 0.15) is 24.5 Å². The third-order valence-electron chi connectivity index (χ3n) is 3.97. The van der Waals surface area contributed by atoms with Crippen LogP contribution in [0.3, 0.4) is 0 Å². The number of hydrogen-bond donors (Lipinski definition) is 1. The van der Waals surface area contributed by atoms with Crippen molar-refractivity contribution in [3.63, 3.8) is 0 Å². The maximum absolute atomic E-state index is 12.8. The minimum absolute atomic E-state index is 0.279. The number of ether oxygens (including phenoxy) is 1. The predicted octanol–water partition coefficient (Wildman–Crippen LogP) is 2.81. The second kappa shape index (κ2) is 8.08. The molecule has 2 rings (SSSR count). The number of nitrogens with zero attached hydrogens (tertiary/aromatic N) is 1. The molecule has 4 heteroatoms. The second-order valence-corrected chi connectivity index (χ2v) is 6.25. The van der Waals surface area contributed by atoms with Crippen LogP contribution in [0, 0.1) is 0 Å². The van der Waals surface area contributed by atoms with E-state index in [0.29, 0.717) is 17.5 Å². The summed E-state index contributed by atoms with van der Waals surface area (Å²) in [5.74, 6) is -0.647. The van der Waals surface area contributed by atoms with E-state index in [4.69, 9.17) is 4.74 Å². The van der Waals surface area contributed by atoms with Gasteiger partial charge in [0.15, 0.2) is 0 Å². The van der Waals surface area contributed by atoms with Crippen molar-refractivity contribution in [1.29, 1.82) is 0 Å². The molecule has 0 saturated carbocycles. The molecule has 0 aliphatic rings. The van der Waals surface area contributed by atoms with Crippen LogP contribution in [0.25, 0.3) is 0 Å². The Morgan fingerprint density at radius 2 is 1.50 bits per heavy atom. The van der Waals surface area contributed by atoms with E-state index in [1.807, 2.05) is 38.1 Å². The van der Waals surface area contributed by atoms with Gasteiger partial charge in [0.25, 0.3) is 0 Å². The molecule has 4 nitrogen and oxygen atoms in total. The Hall–Kier alpha value is -2.17. The summed E-state index contributed by atoms with van der Waals surface area (Å²) in [4.78, 5) is 14.9. The van der Waals surface area contributed by atoms with Crippen molar-refractivity contribution >= 4 is 5.97 Å². The number of rotatable bonds is 7. The van der Waals surface area contributed by atoms with E-state index < -0.39 is 11.6 Å². The molecule has 0 aromatic heterocycles. The molecule has 1 atom stereocenters. The number of esters is 1. The van der Waals surface area contributed by atoms with Gasteiger partial charge in [0.05, 0.1) is 0 Å². The Labute approximate surface area is 143 Å². The highest BCUT2D eigenvalue weighted by Crippen LogP contribution is 2.31. The summed E-state index contributed by atoms with van der Waals surface area (Å²) in [5.41, 5.74) is -0.809. The van der Waals surface area contributed by atoms with Gasteiger partial charge in [-0.1, -0.05) is 60.7 Å². The van der Waals surface area contributed by atoms with Gasteiger partial charge in [-0.15, -0.1) is 0 Å². The molecule has 0 saturated heterocycles. The number of carbonyl (C=O) groups is 1. The fourth-order valence-electron chi connectivity index (χ4n) is 2.53. The minimum atomic E-state index is -1.81. The van der Waals surface area contributed by atoms with Crippen molar-refractivity contribution in [2.45, 2.75) is 25.0 Å². The Balaban J connectivity index is 2.28. The Bertz CT molecular complexity index is 601. The standard InChI is InChI=1S/C20H25NO3/c1-16(14-15-21(2)3)24-19(22)20(23,17-10-6-4-7-11-17)18-12-8-5-9-13-18/h4-13,16,23H,14-15H2,1-3H3/t16-/m0/s1. The molecular weight excluding hydrogens is 302 g/mol. The van der Waals surface area contributed by atoms with Gasteiger partial charge >= 0.3 is 5.97 Å². The van der Waals surface area contributed by atoms with E-state index in [-0.39, 0.29) is 6.10 Å². The highest BCUT2D eigenvalue weighted by Gasteiger charge is 2.42. The molecule has 0 amide bonds. The average Bonchev–Trinajstić information content (AvgIpc) is 2.60. The summed E-state index contributed by atoms with van der Waals surface area (Å²) in [6, 6.07) is 17.8. The monoisotopic (exact) mass is 327 g/mol. The molecule has 24 heavy (non-hydrogen) atoms. The Morgan fingerprint density at radius 3 is 1.92 bits per heavy atom.